The van der Waals surface area contributed by atoms with E-state index in [0.29, 0.717) is 25.3 Å². The van der Waals surface area contributed by atoms with Gasteiger partial charge in [-0.2, -0.15) is 0 Å². The normalized spacial score (nSPS) is 11.9. The molecule has 0 saturated heterocycles. The Morgan fingerprint density at radius 1 is 0.925 bits per heavy atom. The number of benzene rings is 3. The van der Waals surface area contributed by atoms with E-state index >= 15 is 0 Å². The monoisotopic (exact) mass is 569 g/mol. The van der Waals surface area contributed by atoms with Crippen molar-refractivity contribution < 1.29 is 27.1 Å². The van der Waals surface area contributed by atoms with Crippen LogP contribution in [0.1, 0.15) is 38.3 Å². The number of likely N-dealkylation sites (N-methyl/N-ethyl adjacent to an activating group) is 1. The van der Waals surface area contributed by atoms with Crippen LogP contribution in [-0.4, -0.2) is 50.9 Å². The predicted octanol–water partition coefficient (Wildman–Crippen LogP) is 4.67. The third-order valence-electron chi connectivity index (χ3n) is 6.33. The average Bonchev–Trinajstić information content (AvgIpc) is 2.93. The van der Waals surface area contributed by atoms with Crippen LogP contribution in [0.25, 0.3) is 0 Å². The van der Waals surface area contributed by atoms with Crippen LogP contribution in [0.2, 0.25) is 0 Å². The number of rotatable bonds is 13. The minimum absolute atomic E-state index is 0.114. The number of sulfonamides is 1. The first-order chi connectivity index (χ1) is 19.1. The number of hydrogen-bond acceptors (Lipinski definition) is 5. The van der Waals surface area contributed by atoms with Gasteiger partial charge in [-0.1, -0.05) is 36.8 Å². The molecule has 0 spiro atoms. The van der Waals surface area contributed by atoms with Crippen molar-refractivity contribution in [1.29, 1.82) is 0 Å². The van der Waals surface area contributed by atoms with Crippen molar-refractivity contribution >= 4 is 27.5 Å². The quantitative estimate of drug-likeness (QED) is 0.323. The Labute approximate surface area is 235 Å². The molecule has 1 N–H and O–H groups in total. The zero-order valence-corrected chi connectivity index (χ0v) is 24.1. The Hall–Kier alpha value is -3.92. The van der Waals surface area contributed by atoms with Crippen molar-refractivity contribution in [3.05, 3.63) is 89.7 Å². The van der Waals surface area contributed by atoms with Crippen LogP contribution in [0.4, 0.5) is 10.1 Å². The standard InChI is InChI=1S/C30H36FN3O5S/c1-5-28(30(36)32-6-2)33(20-23-10-8-22(4)9-11-23)29(35)21-34(25-14-16-26(17-15-25)39-7-3)40(37,38)27-18-12-24(31)13-19-27/h8-19,28H,5-7,20-21H2,1-4H3,(H,32,36)/t28-/m1/s1. The molecule has 3 rings (SSSR count). The van der Waals surface area contributed by atoms with Crippen LogP contribution in [0, 0.1) is 12.7 Å². The molecule has 0 aliphatic heterocycles. The highest BCUT2D eigenvalue weighted by atomic mass is 32.2. The first-order valence-corrected chi connectivity index (χ1v) is 14.7. The molecular weight excluding hydrogens is 533 g/mol. The number of carbonyl (C=O) groups excluding carboxylic acids is 2. The predicted molar refractivity (Wildman–Crippen MR) is 153 cm³/mol. The maximum Gasteiger partial charge on any atom is 0.264 e. The van der Waals surface area contributed by atoms with E-state index in [2.05, 4.69) is 5.32 Å². The smallest absolute Gasteiger partial charge is 0.264 e. The Bertz CT molecular complexity index is 1380. The molecule has 0 radical (unpaired) electrons. The number of anilines is 1. The highest BCUT2D eigenvalue weighted by molar-refractivity contribution is 7.92. The number of nitrogens with one attached hydrogen (secondary N) is 1. The van der Waals surface area contributed by atoms with E-state index in [1.807, 2.05) is 38.1 Å². The largest absolute Gasteiger partial charge is 0.494 e. The summed E-state index contributed by atoms with van der Waals surface area (Å²) in [6.45, 7) is 7.73. The third kappa shape index (κ3) is 7.59. The molecule has 40 heavy (non-hydrogen) atoms. The zero-order valence-electron chi connectivity index (χ0n) is 23.3. The topological polar surface area (TPSA) is 96.0 Å². The Morgan fingerprint density at radius 2 is 1.55 bits per heavy atom. The molecule has 0 aliphatic rings. The lowest BCUT2D eigenvalue weighted by Gasteiger charge is -2.33. The van der Waals surface area contributed by atoms with E-state index in [-0.39, 0.29) is 23.0 Å². The fourth-order valence-electron chi connectivity index (χ4n) is 4.24. The summed E-state index contributed by atoms with van der Waals surface area (Å²) in [4.78, 5) is 28.2. The first-order valence-electron chi connectivity index (χ1n) is 13.2. The Kier molecular flexibility index (Phi) is 10.7. The van der Waals surface area contributed by atoms with Gasteiger partial charge in [0, 0.05) is 13.1 Å². The number of amides is 2. The number of aryl methyl sites for hydroxylation is 1. The molecule has 2 amide bonds. The number of carbonyl (C=O) groups is 2. The maximum absolute atomic E-state index is 14.0. The van der Waals surface area contributed by atoms with E-state index in [1.165, 1.54) is 4.90 Å². The summed E-state index contributed by atoms with van der Waals surface area (Å²) in [6, 6.07) is 17.5. The number of hydrogen-bond donors (Lipinski definition) is 1. The van der Waals surface area contributed by atoms with Crippen LogP contribution in [-0.2, 0) is 26.2 Å². The molecule has 0 bridgehead atoms. The van der Waals surface area contributed by atoms with Crippen molar-refractivity contribution in [3.8, 4) is 5.75 Å². The van der Waals surface area contributed by atoms with Gasteiger partial charge in [0.1, 0.15) is 24.2 Å². The van der Waals surface area contributed by atoms with Crippen LogP contribution in [0.3, 0.4) is 0 Å². The van der Waals surface area contributed by atoms with Crippen LogP contribution >= 0.6 is 0 Å². The molecule has 0 heterocycles. The van der Waals surface area contributed by atoms with Gasteiger partial charge in [0.25, 0.3) is 10.0 Å². The molecule has 0 unspecified atom stereocenters. The number of ether oxygens (including phenoxy) is 1. The molecule has 3 aromatic rings. The van der Waals surface area contributed by atoms with E-state index in [4.69, 9.17) is 4.74 Å². The summed E-state index contributed by atoms with van der Waals surface area (Å²) in [5, 5.41) is 2.78. The molecule has 8 nitrogen and oxygen atoms in total. The lowest BCUT2D eigenvalue weighted by atomic mass is 10.1. The molecule has 1 atom stereocenters. The summed E-state index contributed by atoms with van der Waals surface area (Å²) in [5.41, 5.74) is 2.07. The van der Waals surface area contributed by atoms with Crippen molar-refractivity contribution in [2.24, 2.45) is 0 Å². The molecular formula is C30H36FN3O5S. The SMILES string of the molecule is CCNC(=O)[C@@H](CC)N(Cc1ccc(C)cc1)C(=O)CN(c1ccc(OCC)cc1)S(=O)(=O)c1ccc(F)cc1. The third-order valence-corrected chi connectivity index (χ3v) is 8.11. The highest BCUT2D eigenvalue weighted by Gasteiger charge is 2.33. The molecule has 3 aromatic carbocycles. The molecule has 214 valence electrons. The summed E-state index contributed by atoms with van der Waals surface area (Å²) >= 11 is 0. The van der Waals surface area contributed by atoms with Crippen LogP contribution in [0.15, 0.2) is 77.7 Å². The van der Waals surface area contributed by atoms with E-state index in [0.717, 1.165) is 39.7 Å². The van der Waals surface area contributed by atoms with Gasteiger partial charge >= 0.3 is 0 Å². The summed E-state index contributed by atoms with van der Waals surface area (Å²) in [5.74, 6) is -0.919. The summed E-state index contributed by atoms with van der Waals surface area (Å²) in [6.07, 6.45) is 0.331. The van der Waals surface area contributed by atoms with Crippen molar-refractivity contribution in [1.82, 2.24) is 10.2 Å². The fraction of sp³-hybridized carbons (Fsp3) is 0.333. The first kappa shape index (κ1) is 30.6. The van der Waals surface area contributed by atoms with Gasteiger partial charge in [-0.3, -0.25) is 13.9 Å². The van der Waals surface area contributed by atoms with E-state index < -0.39 is 34.3 Å². The second kappa shape index (κ2) is 13.9. The van der Waals surface area contributed by atoms with Crippen LogP contribution < -0.4 is 14.4 Å². The molecule has 0 aliphatic carbocycles. The highest BCUT2D eigenvalue weighted by Crippen LogP contribution is 2.27. The lowest BCUT2D eigenvalue weighted by Crippen LogP contribution is -2.52. The molecule has 10 heteroatoms. The summed E-state index contributed by atoms with van der Waals surface area (Å²) < 4.78 is 47.7. The van der Waals surface area contributed by atoms with Gasteiger partial charge in [-0.05, 0) is 81.3 Å². The van der Waals surface area contributed by atoms with Gasteiger partial charge in [0.15, 0.2) is 0 Å². The van der Waals surface area contributed by atoms with E-state index in [9.17, 15) is 22.4 Å². The van der Waals surface area contributed by atoms with Crippen molar-refractivity contribution in [2.45, 2.75) is 51.6 Å². The fourth-order valence-corrected chi connectivity index (χ4v) is 5.65. The van der Waals surface area contributed by atoms with E-state index in [1.54, 1.807) is 38.1 Å². The van der Waals surface area contributed by atoms with Gasteiger partial charge < -0.3 is 15.0 Å². The van der Waals surface area contributed by atoms with Gasteiger partial charge in [0.05, 0.1) is 17.2 Å². The second-order valence-corrected chi connectivity index (χ2v) is 11.1. The maximum atomic E-state index is 14.0. The minimum atomic E-state index is -4.29. The van der Waals surface area contributed by atoms with Gasteiger partial charge in [0.2, 0.25) is 11.8 Å². The van der Waals surface area contributed by atoms with Gasteiger partial charge in [-0.25, -0.2) is 12.8 Å². The zero-order chi connectivity index (χ0) is 29.3. The second-order valence-electron chi connectivity index (χ2n) is 9.22. The molecule has 0 saturated carbocycles. The van der Waals surface area contributed by atoms with Gasteiger partial charge in [-0.15, -0.1) is 0 Å². The minimum Gasteiger partial charge on any atom is -0.494 e. The average molecular weight is 570 g/mol. The van der Waals surface area contributed by atoms with Crippen molar-refractivity contribution in [3.63, 3.8) is 0 Å². The Morgan fingerprint density at radius 3 is 2.10 bits per heavy atom. The van der Waals surface area contributed by atoms with Crippen molar-refractivity contribution in [2.75, 3.05) is 24.0 Å². The number of halogens is 1. The molecule has 0 aromatic heterocycles. The lowest BCUT2D eigenvalue weighted by molar-refractivity contribution is -0.140. The summed E-state index contributed by atoms with van der Waals surface area (Å²) in [7, 11) is -4.29. The number of nitrogens with zero attached hydrogens (tertiary/aromatic N) is 2. The van der Waals surface area contributed by atoms with Crippen LogP contribution in [0.5, 0.6) is 5.75 Å². The molecule has 0 fully saturated rings. The Balaban J connectivity index is 2.05.